The molecule has 0 bridgehead atoms. The topological polar surface area (TPSA) is 67.6 Å². The third kappa shape index (κ3) is 3.20. The van der Waals surface area contributed by atoms with E-state index in [2.05, 4.69) is 5.10 Å². The van der Waals surface area contributed by atoms with E-state index in [0.717, 1.165) is 11.1 Å². The number of carbonyl (C=O) groups is 1. The average Bonchev–Trinajstić information content (AvgIpc) is 3.21. The van der Waals surface area contributed by atoms with Gasteiger partial charge in [0, 0.05) is 57.4 Å². The molecule has 1 aliphatic rings. The second kappa shape index (κ2) is 7.15. The number of ether oxygens (including phenoxy) is 1. The average molecular weight is 329 g/mol. The highest BCUT2D eigenvalue weighted by Crippen LogP contribution is 2.33. The van der Waals surface area contributed by atoms with Gasteiger partial charge in [0.1, 0.15) is 0 Å². The standard InChI is InChI=1S/C18H23N3O3/c1-20-8-14(7-19-20)17-10-21(9-15(17)11-22)18(23)16-6-4-3-5-13(16)12-24-2/h3-8,15,17,22H,9-12H2,1-2H3/t15-,17-/m0/s1. The van der Waals surface area contributed by atoms with E-state index in [1.807, 2.05) is 48.6 Å². The van der Waals surface area contributed by atoms with E-state index in [-0.39, 0.29) is 24.3 Å². The minimum Gasteiger partial charge on any atom is -0.396 e. The summed E-state index contributed by atoms with van der Waals surface area (Å²) in [4.78, 5) is 14.8. The van der Waals surface area contributed by atoms with Gasteiger partial charge in [-0.3, -0.25) is 9.48 Å². The summed E-state index contributed by atoms with van der Waals surface area (Å²) in [5.74, 6) is 0.141. The van der Waals surface area contributed by atoms with Gasteiger partial charge in [-0.15, -0.1) is 0 Å². The zero-order chi connectivity index (χ0) is 17.1. The lowest BCUT2D eigenvalue weighted by atomic mass is 9.92. The Morgan fingerprint density at radius 3 is 2.83 bits per heavy atom. The first kappa shape index (κ1) is 16.7. The Labute approximate surface area is 141 Å². The number of nitrogens with zero attached hydrogens (tertiary/aromatic N) is 3. The number of rotatable bonds is 5. The van der Waals surface area contributed by atoms with Gasteiger partial charge >= 0.3 is 0 Å². The van der Waals surface area contributed by atoms with Crippen molar-refractivity contribution in [3.8, 4) is 0 Å². The molecule has 1 aromatic carbocycles. The molecule has 1 saturated heterocycles. The van der Waals surface area contributed by atoms with Crippen LogP contribution >= 0.6 is 0 Å². The van der Waals surface area contributed by atoms with Gasteiger partial charge in [-0.2, -0.15) is 5.10 Å². The molecule has 0 saturated carbocycles. The van der Waals surface area contributed by atoms with E-state index in [1.165, 1.54) is 0 Å². The van der Waals surface area contributed by atoms with Crippen molar-refractivity contribution in [2.45, 2.75) is 12.5 Å². The lowest BCUT2D eigenvalue weighted by Gasteiger charge is -2.18. The second-order valence-electron chi connectivity index (χ2n) is 6.30. The largest absolute Gasteiger partial charge is 0.396 e. The van der Waals surface area contributed by atoms with Gasteiger partial charge in [0.15, 0.2) is 0 Å². The van der Waals surface area contributed by atoms with Crippen LogP contribution in [-0.2, 0) is 18.4 Å². The van der Waals surface area contributed by atoms with Crippen LogP contribution in [0.4, 0.5) is 0 Å². The van der Waals surface area contributed by atoms with E-state index in [4.69, 9.17) is 4.74 Å². The number of hydrogen-bond donors (Lipinski definition) is 1. The van der Waals surface area contributed by atoms with Gasteiger partial charge < -0.3 is 14.7 Å². The molecule has 3 rings (SSSR count). The molecular weight excluding hydrogens is 306 g/mol. The van der Waals surface area contributed by atoms with E-state index in [9.17, 15) is 9.90 Å². The van der Waals surface area contributed by atoms with Crippen LogP contribution in [0.3, 0.4) is 0 Å². The minimum atomic E-state index is -0.00695. The molecule has 6 nitrogen and oxygen atoms in total. The van der Waals surface area contributed by atoms with Crippen LogP contribution in [0.15, 0.2) is 36.7 Å². The van der Waals surface area contributed by atoms with E-state index in [1.54, 1.807) is 11.8 Å². The maximum absolute atomic E-state index is 13.0. The Bertz CT molecular complexity index is 713. The molecule has 0 radical (unpaired) electrons. The smallest absolute Gasteiger partial charge is 0.254 e. The van der Waals surface area contributed by atoms with Gasteiger partial charge in [-0.05, 0) is 17.2 Å². The van der Waals surface area contributed by atoms with Gasteiger partial charge in [-0.25, -0.2) is 0 Å². The van der Waals surface area contributed by atoms with Crippen LogP contribution in [0, 0.1) is 5.92 Å². The number of likely N-dealkylation sites (tertiary alicyclic amines) is 1. The zero-order valence-corrected chi connectivity index (χ0v) is 14.1. The summed E-state index contributed by atoms with van der Waals surface area (Å²) in [5.41, 5.74) is 2.62. The second-order valence-corrected chi connectivity index (χ2v) is 6.30. The van der Waals surface area contributed by atoms with Crippen LogP contribution in [0.5, 0.6) is 0 Å². The maximum atomic E-state index is 13.0. The van der Waals surface area contributed by atoms with Crippen molar-refractivity contribution in [2.24, 2.45) is 13.0 Å². The fraction of sp³-hybridized carbons (Fsp3) is 0.444. The number of aliphatic hydroxyl groups excluding tert-OH is 1. The first-order valence-electron chi connectivity index (χ1n) is 8.09. The molecule has 1 N–H and O–H groups in total. The molecule has 128 valence electrons. The number of benzene rings is 1. The van der Waals surface area contributed by atoms with Crippen LogP contribution in [0.1, 0.15) is 27.4 Å². The minimum absolute atomic E-state index is 0.00695. The van der Waals surface area contributed by atoms with Crippen molar-refractivity contribution in [1.29, 1.82) is 0 Å². The zero-order valence-electron chi connectivity index (χ0n) is 14.1. The summed E-state index contributed by atoms with van der Waals surface area (Å²) in [6.07, 6.45) is 3.78. The summed E-state index contributed by atoms with van der Waals surface area (Å²) < 4.78 is 6.95. The SMILES string of the molecule is COCc1ccccc1C(=O)N1C[C@@H](CO)[C@H](c2cnn(C)c2)C1. The van der Waals surface area contributed by atoms with Crippen molar-refractivity contribution >= 4 is 5.91 Å². The van der Waals surface area contributed by atoms with Crippen molar-refractivity contribution in [2.75, 3.05) is 26.8 Å². The molecule has 0 aliphatic carbocycles. The number of aryl methyl sites for hydroxylation is 1. The fourth-order valence-corrected chi connectivity index (χ4v) is 3.41. The Morgan fingerprint density at radius 1 is 1.38 bits per heavy atom. The Morgan fingerprint density at radius 2 is 2.17 bits per heavy atom. The van der Waals surface area contributed by atoms with Crippen molar-refractivity contribution in [3.05, 3.63) is 53.3 Å². The number of amides is 1. The summed E-state index contributed by atoms with van der Waals surface area (Å²) >= 11 is 0. The van der Waals surface area contributed by atoms with Gasteiger partial charge in [0.25, 0.3) is 5.91 Å². The molecule has 24 heavy (non-hydrogen) atoms. The Balaban J connectivity index is 1.82. The lowest BCUT2D eigenvalue weighted by Crippen LogP contribution is -2.30. The molecule has 6 heteroatoms. The molecule has 2 heterocycles. The van der Waals surface area contributed by atoms with Crippen LogP contribution in [0.25, 0.3) is 0 Å². The number of methoxy groups -OCH3 is 1. The maximum Gasteiger partial charge on any atom is 0.254 e. The third-order valence-electron chi connectivity index (χ3n) is 4.66. The summed E-state index contributed by atoms with van der Waals surface area (Å²) in [5, 5.41) is 13.9. The normalized spacial score (nSPS) is 20.5. The summed E-state index contributed by atoms with van der Waals surface area (Å²) in [6.45, 7) is 1.61. The number of hydrogen-bond acceptors (Lipinski definition) is 4. The molecule has 1 aliphatic heterocycles. The monoisotopic (exact) mass is 329 g/mol. The number of carbonyl (C=O) groups excluding carboxylic acids is 1. The van der Waals surface area contributed by atoms with E-state index >= 15 is 0 Å². The van der Waals surface area contributed by atoms with Crippen LogP contribution < -0.4 is 0 Å². The number of aliphatic hydroxyl groups is 1. The quantitative estimate of drug-likeness (QED) is 0.901. The molecule has 1 fully saturated rings. The Hall–Kier alpha value is -2.18. The van der Waals surface area contributed by atoms with Gasteiger partial charge in [0.2, 0.25) is 0 Å². The predicted molar refractivity (Wildman–Crippen MR) is 89.6 cm³/mol. The molecule has 2 aromatic rings. The predicted octanol–water partition coefficient (Wildman–Crippen LogP) is 1.41. The van der Waals surface area contributed by atoms with Crippen LogP contribution in [-0.4, -0.2) is 52.5 Å². The van der Waals surface area contributed by atoms with Gasteiger partial charge in [-0.1, -0.05) is 18.2 Å². The highest BCUT2D eigenvalue weighted by molar-refractivity contribution is 5.96. The molecule has 1 amide bonds. The van der Waals surface area contributed by atoms with Crippen LogP contribution in [0.2, 0.25) is 0 Å². The first-order chi connectivity index (χ1) is 11.6. The third-order valence-corrected chi connectivity index (χ3v) is 4.66. The first-order valence-corrected chi connectivity index (χ1v) is 8.09. The number of aromatic nitrogens is 2. The summed E-state index contributed by atoms with van der Waals surface area (Å²) in [7, 11) is 3.49. The van der Waals surface area contributed by atoms with Crippen molar-refractivity contribution < 1.29 is 14.6 Å². The van der Waals surface area contributed by atoms with E-state index < -0.39 is 0 Å². The lowest BCUT2D eigenvalue weighted by molar-refractivity contribution is 0.0776. The van der Waals surface area contributed by atoms with Gasteiger partial charge in [0.05, 0.1) is 12.8 Å². The molecule has 2 atom stereocenters. The molecule has 0 spiro atoms. The molecular formula is C18H23N3O3. The van der Waals surface area contributed by atoms with Crippen molar-refractivity contribution in [3.63, 3.8) is 0 Å². The van der Waals surface area contributed by atoms with E-state index in [0.29, 0.717) is 25.3 Å². The van der Waals surface area contributed by atoms with Crippen molar-refractivity contribution in [1.82, 2.24) is 14.7 Å². The highest BCUT2D eigenvalue weighted by Gasteiger charge is 2.37. The Kier molecular flexibility index (Phi) is 4.97. The molecule has 1 aromatic heterocycles. The fourth-order valence-electron chi connectivity index (χ4n) is 3.41. The highest BCUT2D eigenvalue weighted by atomic mass is 16.5. The molecule has 0 unspecified atom stereocenters. The summed E-state index contributed by atoms with van der Waals surface area (Å²) in [6, 6.07) is 7.52.